The summed E-state index contributed by atoms with van der Waals surface area (Å²) in [5.41, 5.74) is 4.29. The molecule has 0 aliphatic carbocycles. The van der Waals surface area contributed by atoms with Crippen molar-refractivity contribution in [1.82, 2.24) is 4.98 Å². The summed E-state index contributed by atoms with van der Waals surface area (Å²) in [7, 11) is 0. The average molecular weight is 317 g/mol. The van der Waals surface area contributed by atoms with E-state index in [-0.39, 0.29) is 20.4 Å². The maximum absolute atomic E-state index is 4.49. The van der Waals surface area contributed by atoms with Gasteiger partial charge in [0.1, 0.15) is 0 Å². The number of rotatable bonds is 2. The largest absolute Gasteiger partial charge is 0.255 e. The number of nitrogens with zero attached hydrogens (tertiary/aromatic N) is 2. The van der Waals surface area contributed by atoms with Crippen LogP contribution < -0.4 is 0 Å². The smallest absolute Gasteiger partial charge is 0.0812 e. The van der Waals surface area contributed by atoms with E-state index in [4.69, 9.17) is 0 Å². The summed E-state index contributed by atoms with van der Waals surface area (Å²) in [6.45, 7) is 4.14. The molecule has 0 saturated carbocycles. The van der Waals surface area contributed by atoms with E-state index in [1.807, 2.05) is 24.3 Å². The molecule has 3 heteroatoms. The van der Waals surface area contributed by atoms with E-state index < -0.39 is 0 Å². The van der Waals surface area contributed by atoms with Crippen LogP contribution in [-0.4, -0.2) is 11.2 Å². The number of hydrogen-bond donors (Lipinski definition) is 0. The van der Waals surface area contributed by atoms with Gasteiger partial charge in [-0.2, -0.15) is 0 Å². The molecule has 17 heavy (non-hydrogen) atoms. The van der Waals surface area contributed by atoms with Gasteiger partial charge in [0.05, 0.1) is 17.6 Å². The Morgan fingerprint density at radius 3 is 2.29 bits per heavy atom. The Morgan fingerprint density at radius 1 is 1.00 bits per heavy atom. The molecule has 0 spiro atoms. The van der Waals surface area contributed by atoms with Gasteiger partial charge in [0, 0.05) is 26.6 Å². The molecule has 0 aliphatic rings. The molecule has 0 fully saturated rings. The van der Waals surface area contributed by atoms with Gasteiger partial charge in [0.25, 0.3) is 0 Å². The van der Waals surface area contributed by atoms with Crippen LogP contribution in [0.2, 0.25) is 0 Å². The maximum Gasteiger partial charge on any atom is 0.0812 e. The molecule has 1 aromatic carbocycles. The molecule has 2 rings (SSSR count). The molecular formula is C14H14N2Pd. The molecule has 0 saturated heterocycles. The molecule has 2 nitrogen and oxygen atoms in total. The minimum atomic E-state index is 0. The van der Waals surface area contributed by atoms with Crippen molar-refractivity contribution < 1.29 is 20.4 Å². The van der Waals surface area contributed by atoms with Crippen LogP contribution in [-0.2, 0) is 20.4 Å². The van der Waals surface area contributed by atoms with Gasteiger partial charge in [0.15, 0.2) is 0 Å². The van der Waals surface area contributed by atoms with Gasteiger partial charge in [0.2, 0.25) is 0 Å². The van der Waals surface area contributed by atoms with Crippen molar-refractivity contribution in [2.75, 3.05) is 0 Å². The first-order valence-electron chi connectivity index (χ1n) is 5.28. The standard InChI is InChI=1S/C14H14N2.Pd/c1-11-6-5-7-12(2)14(11)16-10-13-8-3-4-9-15-13;/h3-10H,1-2H3;. The van der Waals surface area contributed by atoms with Gasteiger partial charge in [-0.05, 0) is 37.1 Å². The minimum Gasteiger partial charge on any atom is -0.255 e. The number of aromatic nitrogens is 1. The summed E-state index contributed by atoms with van der Waals surface area (Å²) in [5, 5.41) is 0. The molecule has 90 valence electrons. The normalized spacial score (nSPS) is 10.2. The molecule has 0 unspecified atom stereocenters. The fourth-order valence-corrected chi connectivity index (χ4v) is 1.59. The van der Waals surface area contributed by atoms with Crippen LogP contribution in [0.25, 0.3) is 0 Å². The van der Waals surface area contributed by atoms with Gasteiger partial charge in [-0.1, -0.05) is 24.3 Å². The van der Waals surface area contributed by atoms with Crippen LogP contribution in [0.5, 0.6) is 0 Å². The Hall–Kier alpha value is -1.30. The molecule has 0 N–H and O–H groups in total. The Labute approximate surface area is 115 Å². The van der Waals surface area contributed by atoms with Gasteiger partial charge < -0.3 is 0 Å². The number of pyridine rings is 1. The second-order valence-corrected chi connectivity index (χ2v) is 3.75. The summed E-state index contributed by atoms with van der Waals surface area (Å²) >= 11 is 0. The predicted molar refractivity (Wildman–Crippen MR) is 67.4 cm³/mol. The Morgan fingerprint density at radius 2 is 1.71 bits per heavy atom. The van der Waals surface area contributed by atoms with Crippen molar-refractivity contribution in [2.45, 2.75) is 13.8 Å². The summed E-state index contributed by atoms with van der Waals surface area (Å²) < 4.78 is 0. The number of para-hydroxylation sites is 1. The van der Waals surface area contributed by atoms with E-state index in [1.54, 1.807) is 12.4 Å². The Bertz CT molecular complexity index is 487. The van der Waals surface area contributed by atoms with Crippen molar-refractivity contribution in [3.8, 4) is 0 Å². The molecule has 0 amide bonds. The number of benzene rings is 1. The number of aliphatic imine (C=N–C) groups is 1. The summed E-state index contributed by atoms with van der Waals surface area (Å²) in [6.07, 6.45) is 3.57. The van der Waals surface area contributed by atoms with Gasteiger partial charge in [-0.15, -0.1) is 0 Å². The van der Waals surface area contributed by atoms with Gasteiger partial charge in [-0.25, -0.2) is 0 Å². The van der Waals surface area contributed by atoms with Crippen molar-refractivity contribution in [3.63, 3.8) is 0 Å². The second-order valence-electron chi connectivity index (χ2n) is 3.75. The fraction of sp³-hybridized carbons (Fsp3) is 0.143. The maximum atomic E-state index is 4.49. The topological polar surface area (TPSA) is 25.2 Å². The van der Waals surface area contributed by atoms with E-state index in [0.29, 0.717) is 0 Å². The van der Waals surface area contributed by atoms with E-state index >= 15 is 0 Å². The van der Waals surface area contributed by atoms with Gasteiger partial charge >= 0.3 is 0 Å². The first-order chi connectivity index (χ1) is 7.77. The molecule has 2 aromatic rings. The average Bonchev–Trinajstić information content (AvgIpc) is 2.30. The van der Waals surface area contributed by atoms with E-state index in [9.17, 15) is 0 Å². The molecule has 0 bridgehead atoms. The van der Waals surface area contributed by atoms with Crippen molar-refractivity contribution in [2.24, 2.45) is 4.99 Å². The van der Waals surface area contributed by atoms with Crippen LogP contribution in [0.1, 0.15) is 16.8 Å². The van der Waals surface area contributed by atoms with Crippen LogP contribution >= 0.6 is 0 Å². The quantitative estimate of drug-likeness (QED) is 0.615. The van der Waals surface area contributed by atoms with E-state index in [1.165, 1.54) is 11.1 Å². The van der Waals surface area contributed by atoms with Crippen LogP contribution in [0.3, 0.4) is 0 Å². The molecule has 0 radical (unpaired) electrons. The zero-order chi connectivity index (χ0) is 11.4. The second kappa shape index (κ2) is 6.44. The number of hydrogen-bond acceptors (Lipinski definition) is 2. The van der Waals surface area contributed by atoms with E-state index in [2.05, 4.69) is 36.0 Å². The third kappa shape index (κ3) is 3.59. The first-order valence-corrected chi connectivity index (χ1v) is 5.28. The monoisotopic (exact) mass is 316 g/mol. The predicted octanol–water partition coefficient (Wildman–Crippen LogP) is 3.45. The van der Waals surface area contributed by atoms with Crippen LogP contribution in [0.4, 0.5) is 5.69 Å². The van der Waals surface area contributed by atoms with Crippen LogP contribution in [0.15, 0.2) is 47.6 Å². The molecule has 1 aromatic heterocycles. The number of aryl methyl sites for hydroxylation is 2. The third-order valence-corrected chi connectivity index (χ3v) is 2.45. The van der Waals surface area contributed by atoms with Crippen molar-refractivity contribution >= 4 is 11.9 Å². The van der Waals surface area contributed by atoms with Crippen LogP contribution in [0, 0.1) is 13.8 Å². The third-order valence-electron chi connectivity index (χ3n) is 2.45. The zero-order valence-corrected chi connectivity index (χ0v) is 11.4. The Balaban J connectivity index is 0.00000144. The summed E-state index contributed by atoms with van der Waals surface area (Å²) in [4.78, 5) is 8.69. The Kier molecular flexibility index (Phi) is 5.22. The van der Waals surface area contributed by atoms with E-state index in [0.717, 1.165) is 11.4 Å². The molecule has 0 atom stereocenters. The SMILES string of the molecule is Cc1cccc(C)c1N=Cc1ccccn1.[Pd]. The molecule has 0 aliphatic heterocycles. The zero-order valence-electron chi connectivity index (χ0n) is 9.83. The molecular weight excluding hydrogens is 303 g/mol. The van der Waals surface area contributed by atoms with Crippen molar-refractivity contribution in [1.29, 1.82) is 0 Å². The van der Waals surface area contributed by atoms with Crippen molar-refractivity contribution in [3.05, 3.63) is 59.4 Å². The fourth-order valence-electron chi connectivity index (χ4n) is 1.59. The summed E-state index contributed by atoms with van der Waals surface area (Å²) in [5.74, 6) is 0. The first kappa shape index (κ1) is 13.8. The minimum absolute atomic E-state index is 0. The molecule has 1 heterocycles. The summed E-state index contributed by atoms with van der Waals surface area (Å²) in [6, 6.07) is 12.0. The van der Waals surface area contributed by atoms with Gasteiger partial charge in [-0.3, -0.25) is 9.98 Å².